The molecule has 9 heteroatoms. The van der Waals surface area contributed by atoms with Gasteiger partial charge in [0.15, 0.2) is 0 Å². The maximum atomic E-state index is 12.1. The largest absolute Gasteiger partial charge is 0.314 e. The Hall–Kier alpha value is -0.220. The van der Waals surface area contributed by atoms with Crippen LogP contribution in [0, 0.1) is 0 Å². The quantitative estimate of drug-likeness (QED) is 0.624. The van der Waals surface area contributed by atoms with E-state index in [-0.39, 0.29) is 31.9 Å². The number of nitrogens with one attached hydrogen (secondary N) is 1. The molecule has 0 aromatic rings. The molecule has 1 aliphatic heterocycles. The summed E-state index contributed by atoms with van der Waals surface area (Å²) in [5.74, 6) is 0.103. The fourth-order valence-corrected chi connectivity index (χ4v) is 4.37. The zero-order valence-electron chi connectivity index (χ0n) is 12.4. The molecule has 1 aliphatic rings. The van der Waals surface area contributed by atoms with Gasteiger partial charge in [-0.1, -0.05) is 13.8 Å². The van der Waals surface area contributed by atoms with Crippen molar-refractivity contribution in [1.29, 1.82) is 0 Å². The summed E-state index contributed by atoms with van der Waals surface area (Å²) in [7, 11) is -6.50. The highest BCUT2D eigenvalue weighted by atomic mass is 32.2. The zero-order chi connectivity index (χ0) is 15.4. The molecule has 7 nitrogen and oxygen atoms in total. The van der Waals surface area contributed by atoms with Crippen molar-refractivity contribution in [3.8, 4) is 0 Å². The molecule has 0 spiro atoms. The first kappa shape index (κ1) is 17.8. The summed E-state index contributed by atoms with van der Waals surface area (Å²) in [4.78, 5) is 0. The van der Waals surface area contributed by atoms with Crippen molar-refractivity contribution in [3.63, 3.8) is 0 Å². The standard InChI is InChI=1S/C11H25N3O4S2/c1-11(2)12-5-4-10-20(17,18)14-8-6-13(7-9-14)19(3,15)16/h11-12H,4-10H2,1-3H3. The van der Waals surface area contributed by atoms with Crippen molar-refractivity contribution in [1.82, 2.24) is 13.9 Å². The van der Waals surface area contributed by atoms with E-state index in [1.54, 1.807) is 0 Å². The molecule has 0 atom stereocenters. The van der Waals surface area contributed by atoms with E-state index in [0.29, 0.717) is 19.0 Å². The third-order valence-electron chi connectivity index (χ3n) is 3.19. The van der Waals surface area contributed by atoms with Gasteiger partial charge in [0.05, 0.1) is 12.0 Å². The Morgan fingerprint density at radius 1 is 1.00 bits per heavy atom. The van der Waals surface area contributed by atoms with Crippen LogP contribution in [-0.4, -0.2) is 76.2 Å². The third-order valence-corrected chi connectivity index (χ3v) is 6.45. The maximum Gasteiger partial charge on any atom is 0.214 e. The van der Waals surface area contributed by atoms with Gasteiger partial charge in [0.25, 0.3) is 0 Å². The minimum atomic E-state index is -3.28. The van der Waals surface area contributed by atoms with Crippen LogP contribution in [0.2, 0.25) is 0 Å². The molecule has 0 aliphatic carbocycles. The van der Waals surface area contributed by atoms with E-state index in [0.717, 1.165) is 6.26 Å². The molecule has 0 amide bonds. The number of hydrogen-bond donors (Lipinski definition) is 1. The van der Waals surface area contributed by atoms with Crippen LogP contribution in [-0.2, 0) is 20.0 Å². The second kappa shape index (κ2) is 7.17. The lowest BCUT2D eigenvalue weighted by atomic mass is 10.4. The Labute approximate surface area is 122 Å². The van der Waals surface area contributed by atoms with Crippen molar-refractivity contribution in [2.24, 2.45) is 0 Å². The molecule has 0 aromatic carbocycles. The number of nitrogens with zero attached hydrogens (tertiary/aromatic N) is 2. The molecule has 1 saturated heterocycles. The fourth-order valence-electron chi connectivity index (χ4n) is 2.05. The van der Waals surface area contributed by atoms with Gasteiger partial charge in [0, 0.05) is 32.2 Å². The second-order valence-electron chi connectivity index (χ2n) is 5.34. The minimum Gasteiger partial charge on any atom is -0.314 e. The van der Waals surface area contributed by atoms with Crippen LogP contribution in [0.25, 0.3) is 0 Å². The molecule has 120 valence electrons. The molecule has 0 aromatic heterocycles. The average Bonchev–Trinajstić information content (AvgIpc) is 2.34. The topological polar surface area (TPSA) is 86.8 Å². The van der Waals surface area contributed by atoms with Crippen LogP contribution >= 0.6 is 0 Å². The molecule has 1 rings (SSSR count). The highest BCUT2D eigenvalue weighted by molar-refractivity contribution is 7.89. The normalized spacial score (nSPS) is 19.6. The van der Waals surface area contributed by atoms with Crippen LogP contribution in [0.4, 0.5) is 0 Å². The highest BCUT2D eigenvalue weighted by Crippen LogP contribution is 2.11. The Balaban J connectivity index is 2.43. The molecular weight excluding hydrogens is 302 g/mol. The van der Waals surface area contributed by atoms with Crippen LogP contribution in [0.5, 0.6) is 0 Å². The summed E-state index contributed by atoms with van der Waals surface area (Å²) in [6, 6.07) is 0.344. The molecule has 1 N–H and O–H groups in total. The van der Waals surface area contributed by atoms with E-state index in [9.17, 15) is 16.8 Å². The van der Waals surface area contributed by atoms with Gasteiger partial charge in [-0.3, -0.25) is 0 Å². The minimum absolute atomic E-state index is 0.103. The summed E-state index contributed by atoms with van der Waals surface area (Å²) in [5.41, 5.74) is 0. The monoisotopic (exact) mass is 327 g/mol. The average molecular weight is 327 g/mol. The molecule has 20 heavy (non-hydrogen) atoms. The van der Waals surface area contributed by atoms with Gasteiger partial charge >= 0.3 is 0 Å². The number of hydrogen-bond acceptors (Lipinski definition) is 5. The maximum absolute atomic E-state index is 12.1. The summed E-state index contributed by atoms with van der Waals surface area (Å²) < 4.78 is 49.7. The van der Waals surface area contributed by atoms with Gasteiger partial charge in [-0.25, -0.2) is 16.8 Å². The molecule has 0 bridgehead atoms. The Morgan fingerprint density at radius 2 is 1.50 bits per heavy atom. The second-order valence-corrected chi connectivity index (χ2v) is 9.41. The van der Waals surface area contributed by atoms with Gasteiger partial charge in [0.2, 0.25) is 20.0 Å². The van der Waals surface area contributed by atoms with Crippen LogP contribution in [0.15, 0.2) is 0 Å². The lowest BCUT2D eigenvalue weighted by molar-refractivity contribution is 0.274. The zero-order valence-corrected chi connectivity index (χ0v) is 14.0. The lowest BCUT2D eigenvalue weighted by Gasteiger charge is -2.32. The van der Waals surface area contributed by atoms with Gasteiger partial charge in [-0.2, -0.15) is 8.61 Å². The summed E-state index contributed by atoms with van der Waals surface area (Å²) in [6.07, 6.45) is 1.71. The molecule has 1 fully saturated rings. The summed E-state index contributed by atoms with van der Waals surface area (Å²) in [6.45, 7) is 5.66. The van der Waals surface area contributed by atoms with Crippen molar-refractivity contribution in [3.05, 3.63) is 0 Å². The number of sulfonamides is 2. The predicted molar refractivity (Wildman–Crippen MR) is 79.5 cm³/mol. The van der Waals surface area contributed by atoms with E-state index in [2.05, 4.69) is 5.32 Å². The van der Waals surface area contributed by atoms with E-state index in [1.807, 2.05) is 13.8 Å². The smallest absolute Gasteiger partial charge is 0.214 e. The van der Waals surface area contributed by atoms with Gasteiger partial charge in [-0.15, -0.1) is 0 Å². The molecular formula is C11H25N3O4S2. The predicted octanol–water partition coefficient (Wildman–Crippen LogP) is -0.718. The van der Waals surface area contributed by atoms with Gasteiger partial charge in [-0.05, 0) is 13.0 Å². The first-order valence-corrected chi connectivity index (χ1v) is 10.2. The first-order chi connectivity index (χ1) is 9.13. The summed E-state index contributed by atoms with van der Waals surface area (Å²) >= 11 is 0. The Bertz CT molecular complexity index is 494. The highest BCUT2D eigenvalue weighted by Gasteiger charge is 2.29. The van der Waals surface area contributed by atoms with E-state index in [4.69, 9.17) is 0 Å². The van der Waals surface area contributed by atoms with Gasteiger partial charge < -0.3 is 5.32 Å². The van der Waals surface area contributed by atoms with Crippen LogP contribution < -0.4 is 5.32 Å². The number of piperazine rings is 1. The van der Waals surface area contributed by atoms with Crippen LogP contribution in [0.1, 0.15) is 20.3 Å². The summed E-state index contributed by atoms with van der Waals surface area (Å²) in [5, 5.41) is 3.18. The molecule has 0 unspecified atom stereocenters. The van der Waals surface area contributed by atoms with E-state index in [1.165, 1.54) is 8.61 Å². The SMILES string of the molecule is CC(C)NCCCS(=O)(=O)N1CCN(S(C)(=O)=O)CC1. The van der Waals surface area contributed by atoms with Crippen LogP contribution in [0.3, 0.4) is 0 Å². The Kier molecular flexibility index (Phi) is 6.39. The molecule has 0 saturated carbocycles. The van der Waals surface area contributed by atoms with Crippen molar-refractivity contribution in [2.45, 2.75) is 26.3 Å². The van der Waals surface area contributed by atoms with Crippen molar-refractivity contribution >= 4 is 20.0 Å². The van der Waals surface area contributed by atoms with E-state index >= 15 is 0 Å². The third kappa shape index (κ3) is 5.65. The lowest BCUT2D eigenvalue weighted by Crippen LogP contribution is -2.50. The van der Waals surface area contributed by atoms with Crippen molar-refractivity contribution in [2.75, 3.05) is 44.7 Å². The van der Waals surface area contributed by atoms with Crippen molar-refractivity contribution < 1.29 is 16.8 Å². The van der Waals surface area contributed by atoms with E-state index < -0.39 is 20.0 Å². The number of rotatable bonds is 7. The Morgan fingerprint density at radius 3 is 1.95 bits per heavy atom. The first-order valence-electron chi connectivity index (χ1n) is 6.79. The molecule has 1 heterocycles. The molecule has 0 radical (unpaired) electrons. The van der Waals surface area contributed by atoms with Gasteiger partial charge in [0.1, 0.15) is 0 Å². The fraction of sp³-hybridized carbons (Fsp3) is 1.00.